The van der Waals surface area contributed by atoms with E-state index in [9.17, 15) is 0 Å². The molecule has 11 rings (SSSR count). The van der Waals surface area contributed by atoms with E-state index >= 15 is 0 Å². The van der Waals surface area contributed by atoms with E-state index in [0.29, 0.717) is 0 Å². The lowest BCUT2D eigenvalue weighted by atomic mass is 9.70. The fourth-order valence-electron chi connectivity index (χ4n) is 8.93. The number of nitrogens with zero attached hydrogens (tertiary/aromatic N) is 2. The summed E-state index contributed by atoms with van der Waals surface area (Å²) in [5.41, 5.74) is 17.7. The van der Waals surface area contributed by atoms with E-state index in [-0.39, 0.29) is 5.41 Å². The molecule has 2 nitrogen and oxygen atoms in total. The van der Waals surface area contributed by atoms with Gasteiger partial charge in [0.2, 0.25) is 0 Å². The summed E-state index contributed by atoms with van der Waals surface area (Å²) in [4.78, 5) is 10.1. The third-order valence-electron chi connectivity index (χ3n) is 11.3. The van der Waals surface area contributed by atoms with Gasteiger partial charge in [-0.2, -0.15) is 0 Å². The molecule has 0 saturated carbocycles. The summed E-state index contributed by atoms with van der Waals surface area (Å²) in [6, 6.07) is 70.3. The molecule has 0 saturated heterocycles. The molecule has 1 aromatic heterocycles. The van der Waals surface area contributed by atoms with Gasteiger partial charge in [-0.05, 0) is 90.7 Å². The maximum atomic E-state index is 5.11. The van der Waals surface area contributed by atoms with Crippen LogP contribution in [-0.4, -0.2) is 9.97 Å². The van der Waals surface area contributed by atoms with Crippen molar-refractivity contribution in [3.8, 4) is 67.3 Å². The molecule has 53 heavy (non-hydrogen) atoms. The van der Waals surface area contributed by atoms with E-state index in [1.165, 1.54) is 66.4 Å². The van der Waals surface area contributed by atoms with E-state index in [2.05, 4.69) is 170 Å². The second-order valence-electron chi connectivity index (χ2n) is 14.1. The van der Waals surface area contributed by atoms with E-state index in [1.54, 1.807) is 0 Å². The van der Waals surface area contributed by atoms with Gasteiger partial charge in [0.25, 0.3) is 0 Å². The molecule has 0 fully saturated rings. The summed E-state index contributed by atoms with van der Waals surface area (Å²) in [5.74, 6) is 0.721. The standard InChI is InChI=1S/C51H32N2/c1-3-13-34(14-4-1)48-32-49(53-50(52-48)35-15-5-2-6-16-35)38-26-24-33-23-25-36(29-39(33)30-38)37-27-28-43-42-19-9-12-22-46(42)51(47(43)31-37)44-20-10-7-17-40(44)41-18-8-11-21-45(41)51/h1-32H. The molecular formula is C51H32N2. The molecule has 0 unspecified atom stereocenters. The van der Waals surface area contributed by atoms with Crippen LogP contribution in [0.25, 0.3) is 78.1 Å². The summed E-state index contributed by atoms with van der Waals surface area (Å²) >= 11 is 0. The number of aromatic nitrogens is 2. The lowest BCUT2D eigenvalue weighted by molar-refractivity contribution is 0.794. The molecule has 8 aromatic carbocycles. The molecule has 2 aliphatic carbocycles. The average Bonchev–Trinajstić information content (AvgIpc) is 3.71. The van der Waals surface area contributed by atoms with Crippen molar-refractivity contribution < 1.29 is 0 Å². The summed E-state index contributed by atoms with van der Waals surface area (Å²) in [5, 5.41) is 2.37. The Morgan fingerprint density at radius 3 is 1.36 bits per heavy atom. The van der Waals surface area contributed by atoms with Crippen LogP contribution in [0.4, 0.5) is 0 Å². The second kappa shape index (κ2) is 11.6. The van der Waals surface area contributed by atoms with Gasteiger partial charge in [-0.1, -0.05) is 170 Å². The summed E-state index contributed by atoms with van der Waals surface area (Å²) in [7, 11) is 0. The Balaban J connectivity index is 1.07. The summed E-state index contributed by atoms with van der Waals surface area (Å²) < 4.78 is 0. The highest BCUT2D eigenvalue weighted by atomic mass is 14.9. The van der Waals surface area contributed by atoms with E-state index < -0.39 is 0 Å². The van der Waals surface area contributed by atoms with E-state index in [1.807, 2.05) is 24.3 Å². The monoisotopic (exact) mass is 672 g/mol. The molecule has 9 aromatic rings. The van der Waals surface area contributed by atoms with Crippen LogP contribution >= 0.6 is 0 Å². The maximum Gasteiger partial charge on any atom is 0.160 e. The van der Waals surface area contributed by atoms with Gasteiger partial charge in [0.1, 0.15) is 0 Å². The first kappa shape index (κ1) is 29.8. The molecular weight excluding hydrogens is 641 g/mol. The van der Waals surface area contributed by atoms with E-state index in [0.717, 1.165) is 33.9 Å². The fraction of sp³-hybridized carbons (Fsp3) is 0.0196. The third kappa shape index (κ3) is 4.46. The van der Waals surface area contributed by atoms with Crippen molar-refractivity contribution >= 4 is 10.8 Å². The largest absolute Gasteiger partial charge is 0.228 e. The van der Waals surface area contributed by atoms with Crippen LogP contribution < -0.4 is 0 Å². The number of hydrogen-bond donors (Lipinski definition) is 0. The smallest absolute Gasteiger partial charge is 0.160 e. The van der Waals surface area contributed by atoms with Crippen molar-refractivity contribution in [1.29, 1.82) is 0 Å². The quantitative estimate of drug-likeness (QED) is 0.186. The lowest BCUT2D eigenvalue weighted by Gasteiger charge is -2.30. The van der Waals surface area contributed by atoms with Crippen LogP contribution in [-0.2, 0) is 5.41 Å². The van der Waals surface area contributed by atoms with Crippen LogP contribution in [0.5, 0.6) is 0 Å². The van der Waals surface area contributed by atoms with Crippen molar-refractivity contribution in [3.05, 3.63) is 216 Å². The first-order chi connectivity index (χ1) is 26.3. The highest BCUT2D eigenvalue weighted by Gasteiger charge is 2.51. The van der Waals surface area contributed by atoms with Gasteiger partial charge in [0.15, 0.2) is 5.82 Å². The summed E-state index contributed by atoms with van der Waals surface area (Å²) in [6.07, 6.45) is 0. The minimum atomic E-state index is -0.362. The Morgan fingerprint density at radius 1 is 0.283 bits per heavy atom. The van der Waals surface area contributed by atoms with Crippen LogP contribution in [0, 0.1) is 0 Å². The lowest BCUT2D eigenvalue weighted by Crippen LogP contribution is -2.25. The van der Waals surface area contributed by atoms with Gasteiger partial charge >= 0.3 is 0 Å². The van der Waals surface area contributed by atoms with Crippen molar-refractivity contribution in [3.63, 3.8) is 0 Å². The van der Waals surface area contributed by atoms with Gasteiger partial charge in [-0.3, -0.25) is 0 Å². The zero-order valence-corrected chi connectivity index (χ0v) is 28.9. The normalized spacial score (nSPS) is 13.1. The van der Waals surface area contributed by atoms with Crippen molar-refractivity contribution in [2.24, 2.45) is 0 Å². The van der Waals surface area contributed by atoms with E-state index in [4.69, 9.17) is 9.97 Å². The molecule has 2 heteroatoms. The van der Waals surface area contributed by atoms with Gasteiger partial charge < -0.3 is 0 Å². The minimum Gasteiger partial charge on any atom is -0.228 e. The van der Waals surface area contributed by atoms with Gasteiger partial charge in [-0.25, -0.2) is 9.97 Å². The van der Waals surface area contributed by atoms with Gasteiger partial charge in [-0.15, -0.1) is 0 Å². The molecule has 246 valence electrons. The molecule has 0 bridgehead atoms. The Bertz CT molecular complexity index is 2770. The number of benzene rings is 8. The van der Waals surface area contributed by atoms with Crippen LogP contribution in [0.3, 0.4) is 0 Å². The third-order valence-corrected chi connectivity index (χ3v) is 11.3. The highest BCUT2D eigenvalue weighted by molar-refractivity contribution is 5.97. The highest BCUT2D eigenvalue weighted by Crippen LogP contribution is 2.63. The maximum absolute atomic E-state index is 5.11. The SMILES string of the molecule is c1ccc(-c2cc(-c3ccc4ccc(-c5ccc6c(c5)C5(c7ccccc7-c7ccccc75)c5ccccc5-6)cc4c3)nc(-c3ccccc3)n2)cc1. The molecule has 2 aliphatic rings. The molecule has 0 amide bonds. The number of rotatable bonds is 4. The predicted octanol–water partition coefficient (Wildman–Crippen LogP) is 12.6. The Morgan fingerprint density at radius 2 is 0.736 bits per heavy atom. The van der Waals surface area contributed by atoms with Crippen LogP contribution in [0.1, 0.15) is 22.3 Å². The molecule has 0 radical (unpaired) electrons. The number of hydrogen-bond acceptors (Lipinski definition) is 2. The Labute approximate surface area is 308 Å². The van der Waals surface area contributed by atoms with Crippen molar-refractivity contribution in [1.82, 2.24) is 9.97 Å². The zero-order chi connectivity index (χ0) is 34.9. The zero-order valence-electron chi connectivity index (χ0n) is 28.9. The predicted molar refractivity (Wildman–Crippen MR) is 218 cm³/mol. The van der Waals surface area contributed by atoms with Crippen molar-refractivity contribution in [2.45, 2.75) is 5.41 Å². The van der Waals surface area contributed by atoms with Crippen molar-refractivity contribution in [2.75, 3.05) is 0 Å². The first-order valence-corrected chi connectivity index (χ1v) is 18.2. The second-order valence-corrected chi connectivity index (χ2v) is 14.1. The van der Waals surface area contributed by atoms with Crippen LogP contribution in [0.15, 0.2) is 194 Å². The first-order valence-electron chi connectivity index (χ1n) is 18.2. The topological polar surface area (TPSA) is 25.8 Å². The molecule has 1 spiro atoms. The molecule has 0 N–H and O–H groups in total. The minimum absolute atomic E-state index is 0.362. The fourth-order valence-corrected chi connectivity index (χ4v) is 8.93. The average molecular weight is 673 g/mol. The van der Waals surface area contributed by atoms with Crippen LogP contribution in [0.2, 0.25) is 0 Å². The van der Waals surface area contributed by atoms with Gasteiger partial charge in [0.05, 0.1) is 16.8 Å². The Kier molecular flexibility index (Phi) is 6.50. The number of fused-ring (bicyclic) bond motifs is 11. The molecule has 0 aliphatic heterocycles. The van der Waals surface area contributed by atoms with Gasteiger partial charge in [0, 0.05) is 16.7 Å². The summed E-state index contributed by atoms with van der Waals surface area (Å²) in [6.45, 7) is 0. The Hall–Kier alpha value is -6.90. The molecule has 1 heterocycles. The molecule has 0 atom stereocenters.